The predicted molar refractivity (Wildman–Crippen MR) is 117 cm³/mol. The van der Waals surface area contributed by atoms with E-state index in [0.29, 0.717) is 41.7 Å². The zero-order chi connectivity index (χ0) is 23.9. The molecule has 0 spiro atoms. The van der Waals surface area contributed by atoms with Gasteiger partial charge in [0.15, 0.2) is 5.82 Å². The minimum Gasteiger partial charge on any atom is -0.490 e. The first-order valence-corrected chi connectivity index (χ1v) is 10.6. The van der Waals surface area contributed by atoms with Gasteiger partial charge in [0, 0.05) is 33.0 Å². The summed E-state index contributed by atoms with van der Waals surface area (Å²) in [5, 5.41) is 6.16. The monoisotopic (exact) mass is 465 g/mol. The number of aromatic nitrogens is 2. The lowest BCUT2D eigenvalue weighted by Crippen LogP contribution is -2.53. The first kappa shape index (κ1) is 23.1. The van der Waals surface area contributed by atoms with Crippen LogP contribution in [0.1, 0.15) is 31.0 Å². The Morgan fingerprint density at radius 1 is 1.21 bits per heavy atom. The zero-order valence-electron chi connectivity index (χ0n) is 18.7. The van der Waals surface area contributed by atoms with Gasteiger partial charge in [-0.3, -0.25) is 4.79 Å². The Morgan fingerprint density at radius 2 is 1.88 bits per heavy atom. The lowest BCUT2D eigenvalue weighted by atomic mass is 9.89. The molecule has 1 fully saturated rings. The molecule has 0 radical (unpaired) electrons. The van der Waals surface area contributed by atoms with Crippen LogP contribution in [-0.2, 0) is 15.7 Å². The largest absolute Gasteiger partial charge is 0.490 e. The van der Waals surface area contributed by atoms with Crippen LogP contribution in [0.4, 0.5) is 30.6 Å². The first-order chi connectivity index (χ1) is 15.6. The van der Waals surface area contributed by atoms with Crippen molar-refractivity contribution in [2.45, 2.75) is 57.2 Å². The smallest absolute Gasteiger partial charge is 0.416 e. The number of aryl methyl sites for hydroxylation is 1. The Bertz CT molecular complexity index is 1030. The molecular formula is C22H26F3N5O3. The fourth-order valence-electron chi connectivity index (χ4n) is 4.06. The molecule has 1 aliphatic heterocycles. The molecule has 1 aromatic carbocycles. The Labute approximate surface area is 189 Å². The van der Waals surface area contributed by atoms with Crippen LogP contribution in [0.25, 0.3) is 0 Å². The van der Waals surface area contributed by atoms with Crippen molar-refractivity contribution in [2.75, 3.05) is 29.7 Å². The Morgan fingerprint density at radius 3 is 2.48 bits per heavy atom. The standard InChI is InChI=1S/C22H26F3N5O3/c1-11-17-19(30(3)18(12(2)32-4)20(31)28-17)29-21(26-11)27-14-9-16(10-14)33-15-7-5-13(6-8-15)22(23,24)25/h5-8,12,14,16,18H,9-10H2,1-4H3,(H,28,31)(H,26,27,29)/t12-,14-,16-,18-/m0/s1. The highest BCUT2D eigenvalue weighted by Gasteiger charge is 2.38. The number of hydrogen-bond donors (Lipinski definition) is 2. The van der Waals surface area contributed by atoms with E-state index in [1.807, 2.05) is 6.92 Å². The average Bonchev–Trinajstić information content (AvgIpc) is 2.72. The van der Waals surface area contributed by atoms with Crippen molar-refractivity contribution < 1.29 is 27.4 Å². The summed E-state index contributed by atoms with van der Waals surface area (Å²) in [6, 6.07) is 4.25. The van der Waals surface area contributed by atoms with E-state index in [0.717, 1.165) is 12.1 Å². The quantitative estimate of drug-likeness (QED) is 0.674. The molecule has 1 aliphatic carbocycles. The van der Waals surface area contributed by atoms with E-state index in [1.165, 1.54) is 12.1 Å². The third-order valence-corrected chi connectivity index (χ3v) is 6.07. The highest BCUT2D eigenvalue weighted by molar-refractivity contribution is 6.03. The van der Waals surface area contributed by atoms with Crippen molar-refractivity contribution in [2.24, 2.45) is 0 Å². The molecule has 2 N–H and O–H groups in total. The first-order valence-electron chi connectivity index (χ1n) is 10.6. The lowest BCUT2D eigenvalue weighted by molar-refractivity contribution is -0.137. The molecule has 0 unspecified atom stereocenters. The maximum absolute atomic E-state index is 12.7. The van der Waals surface area contributed by atoms with E-state index < -0.39 is 17.8 Å². The topological polar surface area (TPSA) is 88.6 Å². The average molecular weight is 465 g/mol. The molecule has 1 aromatic heterocycles. The summed E-state index contributed by atoms with van der Waals surface area (Å²) in [7, 11) is 3.35. The second kappa shape index (κ2) is 8.69. The van der Waals surface area contributed by atoms with Crippen LogP contribution in [-0.4, -0.2) is 54.3 Å². The highest BCUT2D eigenvalue weighted by atomic mass is 19.4. The number of alkyl halides is 3. The number of methoxy groups -OCH3 is 1. The molecule has 1 amide bonds. The van der Waals surface area contributed by atoms with Gasteiger partial charge in [0.05, 0.1) is 17.4 Å². The molecule has 0 saturated heterocycles. The fraction of sp³-hybridized carbons (Fsp3) is 0.500. The van der Waals surface area contributed by atoms with Gasteiger partial charge in [-0.15, -0.1) is 0 Å². The number of rotatable bonds is 6. The van der Waals surface area contributed by atoms with Gasteiger partial charge in [-0.1, -0.05) is 0 Å². The summed E-state index contributed by atoms with van der Waals surface area (Å²) in [5.41, 5.74) is 0.513. The molecule has 4 rings (SSSR count). The minimum absolute atomic E-state index is 0.0686. The third kappa shape index (κ3) is 4.68. The highest BCUT2D eigenvalue weighted by Crippen LogP contribution is 2.35. The Kier molecular flexibility index (Phi) is 6.08. The molecule has 33 heavy (non-hydrogen) atoms. The van der Waals surface area contributed by atoms with E-state index in [4.69, 9.17) is 9.47 Å². The fourth-order valence-corrected chi connectivity index (χ4v) is 4.06. The number of halogens is 3. The van der Waals surface area contributed by atoms with Gasteiger partial charge in [0.25, 0.3) is 0 Å². The van der Waals surface area contributed by atoms with Crippen molar-refractivity contribution in [1.29, 1.82) is 0 Å². The summed E-state index contributed by atoms with van der Waals surface area (Å²) < 4.78 is 49.2. The van der Waals surface area contributed by atoms with Gasteiger partial charge >= 0.3 is 6.18 Å². The van der Waals surface area contributed by atoms with Crippen LogP contribution < -0.4 is 20.3 Å². The van der Waals surface area contributed by atoms with E-state index in [-0.39, 0.29) is 24.2 Å². The van der Waals surface area contributed by atoms with Crippen molar-refractivity contribution in [1.82, 2.24) is 9.97 Å². The number of hydrogen-bond acceptors (Lipinski definition) is 7. The molecular weight excluding hydrogens is 439 g/mol. The van der Waals surface area contributed by atoms with Crippen LogP contribution in [0.3, 0.4) is 0 Å². The van der Waals surface area contributed by atoms with Crippen LogP contribution >= 0.6 is 0 Å². The summed E-state index contributed by atoms with van der Waals surface area (Å²) in [5.74, 6) is 1.28. The molecule has 11 heteroatoms. The van der Waals surface area contributed by atoms with Crippen molar-refractivity contribution in [3.63, 3.8) is 0 Å². The van der Waals surface area contributed by atoms with E-state index in [9.17, 15) is 18.0 Å². The molecule has 0 bridgehead atoms. The SMILES string of the molecule is CO[C@@H](C)[C@H]1C(=O)Nc2c(C)nc(N[C@H]3C[C@H](Oc4ccc(C(F)(F)F)cc4)C3)nc2N1C. The third-order valence-electron chi connectivity index (χ3n) is 6.07. The number of fused-ring (bicyclic) bond motifs is 1. The Hall–Kier alpha value is -3.08. The summed E-state index contributed by atoms with van der Waals surface area (Å²) in [6.07, 6.45) is -3.47. The van der Waals surface area contributed by atoms with E-state index in [2.05, 4.69) is 20.6 Å². The van der Waals surface area contributed by atoms with Gasteiger partial charge in [0.1, 0.15) is 23.6 Å². The number of ether oxygens (including phenoxy) is 2. The van der Waals surface area contributed by atoms with Gasteiger partial charge in [-0.2, -0.15) is 18.2 Å². The Balaban J connectivity index is 1.38. The van der Waals surface area contributed by atoms with Gasteiger partial charge < -0.3 is 25.0 Å². The zero-order valence-corrected chi connectivity index (χ0v) is 18.7. The molecule has 2 aliphatic rings. The maximum atomic E-state index is 12.7. The van der Waals surface area contributed by atoms with Crippen molar-refractivity contribution in [3.05, 3.63) is 35.5 Å². The lowest BCUT2D eigenvalue weighted by Gasteiger charge is -2.38. The molecule has 2 aromatic rings. The number of carbonyl (C=O) groups excluding carboxylic acids is 1. The normalized spacial score (nSPS) is 23.3. The van der Waals surface area contributed by atoms with Crippen molar-refractivity contribution in [3.8, 4) is 5.75 Å². The maximum Gasteiger partial charge on any atom is 0.416 e. The number of amides is 1. The number of benzene rings is 1. The molecule has 8 nitrogen and oxygen atoms in total. The van der Waals surface area contributed by atoms with Gasteiger partial charge in [-0.25, -0.2) is 4.98 Å². The molecule has 1 saturated carbocycles. The number of carbonyl (C=O) groups is 1. The summed E-state index contributed by atoms with van der Waals surface area (Å²) in [6.45, 7) is 3.63. The second-order valence-corrected chi connectivity index (χ2v) is 8.39. The predicted octanol–water partition coefficient (Wildman–Crippen LogP) is 3.62. The molecule has 2 atom stereocenters. The van der Waals surface area contributed by atoms with Gasteiger partial charge in [-0.05, 0) is 38.1 Å². The number of nitrogens with zero attached hydrogens (tertiary/aromatic N) is 3. The summed E-state index contributed by atoms with van der Waals surface area (Å²) >= 11 is 0. The van der Waals surface area contributed by atoms with Crippen LogP contribution in [0, 0.1) is 6.92 Å². The number of anilines is 3. The minimum atomic E-state index is -4.37. The molecule has 178 valence electrons. The van der Waals surface area contributed by atoms with E-state index in [1.54, 1.807) is 26.0 Å². The van der Waals surface area contributed by atoms with Crippen LogP contribution in [0.15, 0.2) is 24.3 Å². The van der Waals surface area contributed by atoms with Crippen LogP contribution in [0.2, 0.25) is 0 Å². The van der Waals surface area contributed by atoms with E-state index >= 15 is 0 Å². The summed E-state index contributed by atoms with van der Waals surface area (Å²) in [4.78, 5) is 23.4. The van der Waals surface area contributed by atoms with Crippen LogP contribution in [0.5, 0.6) is 5.75 Å². The number of nitrogens with one attached hydrogen (secondary N) is 2. The van der Waals surface area contributed by atoms with Gasteiger partial charge in [0.2, 0.25) is 11.9 Å². The second-order valence-electron chi connectivity index (χ2n) is 8.39. The molecule has 2 heterocycles. The van der Waals surface area contributed by atoms with Crippen molar-refractivity contribution >= 4 is 23.4 Å². The number of likely N-dealkylation sites (N-methyl/N-ethyl adjacent to an activating group) is 1.